The fraction of sp³-hybridized carbons (Fsp3) is 0.769. The first kappa shape index (κ1) is 11.5. The van der Waals surface area contributed by atoms with Gasteiger partial charge in [-0.15, -0.1) is 6.58 Å². The van der Waals surface area contributed by atoms with Gasteiger partial charge < -0.3 is 0 Å². The minimum Gasteiger partial charge on any atom is -0.299 e. The molecule has 1 fully saturated rings. The molecule has 1 rings (SSSR count). The monoisotopic (exact) mass is 194 g/mol. The molecule has 0 aliphatic heterocycles. The van der Waals surface area contributed by atoms with E-state index in [2.05, 4.69) is 27.4 Å². The summed E-state index contributed by atoms with van der Waals surface area (Å²) in [6, 6.07) is 0. The Kier molecular flexibility index (Phi) is 3.52. The van der Waals surface area contributed by atoms with Gasteiger partial charge >= 0.3 is 0 Å². The molecule has 14 heavy (non-hydrogen) atoms. The van der Waals surface area contributed by atoms with Crippen molar-refractivity contribution in [1.29, 1.82) is 0 Å². The lowest BCUT2D eigenvalue weighted by atomic mass is 9.68. The molecule has 0 N–H and O–H groups in total. The second-order valence-corrected chi connectivity index (χ2v) is 5.08. The highest BCUT2D eigenvalue weighted by atomic mass is 16.1. The highest BCUT2D eigenvalue weighted by Gasteiger charge is 2.34. The molecule has 1 aliphatic carbocycles. The van der Waals surface area contributed by atoms with Gasteiger partial charge in [-0.25, -0.2) is 0 Å². The predicted octanol–water partition coefficient (Wildman–Crippen LogP) is 3.59. The average Bonchev–Trinajstić information content (AvgIpc) is 2.17. The van der Waals surface area contributed by atoms with Crippen LogP contribution in [0.25, 0.3) is 0 Å². The molecule has 2 unspecified atom stereocenters. The minimum absolute atomic E-state index is 0.119. The fourth-order valence-electron chi connectivity index (χ4n) is 2.31. The quantitative estimate of drug-likeness (QED) is 0.627. The lowest BCUT2D eigenvalue weighted by Gasteiger charge is -2.36. The summed E-state index contributed by atoms with van der Waals surface area (Å²) < 4.78 is 0. The molecule has 2 atom stereocenters. The summed E-state index contributed by atoms with van der Waals surface area (Å²) in [6.07, 6.45) is 6.04. The van der Waals surface area contributed by atoms with Crippen LogP contribution in [0.4, 0.5) is 0 Å². The van der Waals surface area contributed by atoms with E-state index >= 15 is 0 Å². The van der Waals surface area contributed by atoms with Gasteiger partial charge in [-0.2, -0.15) is 0 Å². The van der Waals surface area contributed by atoms with Crippen LogP contribution in [0.5, 0.6) is 0 Å². The number of Topliss-reactive ketones (excluding diaryl/α,β-unsaturated/α-hetero) is 1. The van der Waals surface area contributed by atoms with Gasteiger partial charge in [0.05, 0.1) is 0 Å². The molecular weight excluding hydrogens is 172 g/mol. The highest BCUT2D eigenvalue weighted by molar-refractivity contribution is 5.82. The predicted molar refractivity (Wildman–Crippen MR) is 60.1 cm³/mol. The Hall–Kier alpha value is -0.590. The van der Waals surface area contributed by atoms with Gasteiger partial charge in [0.15, 0.2) is 0 Å². The minimum atomic E-state index is 0.119. The molecule has 0 radical (unpaired) electrons. The second kappa shape index (κ2) is 4.29. The van der Waals surface area contributed by atoms with Gasteiger partial charge in [0.25, 0.3) is 0 Å². The van der Waals surface area contributed by atoms with Gasteiger partial charge in [0.2, 0.25) is 0 Å². The maximum atomic E-state index is 11.8. The van der Waals surface area contributed by atoms with Gasteiger partial charge in [-0.1, -0.05) is 26.8 Å². The molecule has 0 spiro atoms. The average molecular weight is 194 g/mol. The lowest BCUT2D eigenvalue weighted by Crippen LogP contribution is -2.32. The summed E-state index contributed by atoms with van der Waals surface area (Å²) >= 11 is 0. The largest absolute Gasteiger partial charge is 0.299 e. The number of hydrogen-bond acceptors (Lipinski definition) is 1. The fourth-order valence-corrected chi connectivity index (χ4v) is 2.31. The van der Waals surface area contributed by atoms with Crippen molar-refractivity contribution in [2.45, 2.75) is 46.5 Å². The zero-order chi connectivity index (χ0) is 10.8. The van der Waals surface area contributed by atoms with Crippen LogP contribution < -0.4 is 0 Å². The van der Waals surface area contributed by atoms with Gasteiger partial charge in [0, 0.05) is 12.3 Å². The Morgan fingerprint density at radius 3 is 2.57 bits per heavy atom. The third-order valence-electron chi connectivity index (χ3n) is 3.84. The summed E-state index contributed by atoms with van der Waals surface area (Å²) in [7, 11) is 0. The topological polar surface area (TPSA) is 17.1 Å². The zero-order valence-corrected chi connectivity index (χ0v) is 9.68. The van der Waals surface area contributed by atoms with Crippen LogP contribution in [-0.4, -0.2) is 5.78 Å². The van der Waals surface area contributed by atoms with Crippen molar-refractivity contribution in [2.75, 3.05) is 0 Å². The summed E-state index contributed by atoms with van der Waals surface area (Å²) in [5.41, 5.74) is 0.119. The van der Waals surface area contributed by atoms with Crippen LogP contribution in [0.15, 0.2) is 12.7 Å². The second-order valence-electron chi connectivity index (χ2n) is 5.08. The smallest absolute Gasteiger partial charge is 0.136 e. The first-order valence-corrected chi connectivity index (χ1v) is 5.67. The maximum Gasteiger partial charge on any atom is 0.136 e. The summed E-state index contributed by atoms with van der Waals surface area (Å²) in [6.45, 7) is 10.3. The number of allylic oxidation sites excluding steroid dienone is 1. The number of ketones is 1. The van der Waals surface area contributed by atoms with E-state index in [0.29, 0.717) is 17.6 Å². The van der Waals surface area contributed by atoms with Crippen LogP contribution >= 0.6 is 0 Å². The number of carbonyl (C=O) groups excluding carboxylic acids is 1. The van der Waals surface area contributed by atoms with E-state index in [9.17, 15) is 4.79 Å². The molecule has 0 aromatic carbocycles. The van der Waals surface area contributed by atoms with Crippen LogP contribution in [-0.2, 0) is 4.79 Å². The number of hydrogen-bond donors (Lipinski definition) is 0. The standard InChI is InChI=1S/C13H22O/c1-5-10-7-8-11(9-12(10)14)13(3,4)6-2/h6,10-11H,2,5,7-9H2,1,3-4H3. The third-order valence-corrected chi connectivity index (χ3v) is 3.84. The van der Waals surface area contributed by atoms with E-state index < -0.39 is 0 Å². The SMILES string of the molecule is C=CC(C)(C)C1CCC(CC)C(=O)C1. The molecule has 0 aromatic rings. The highest BCUT2D eigenvalue weighted by Crippen LogP contribution is 2.39. The maximum absolute atomic E-state index is 11.8. The molecular formula is C13H22O. The van der Waals surface area contributed by atoms with Crippen molar-refractivity contribution >= 4 is 5.78 Å². The molecule has 80 valence electrons. The van der Waals surface area contributed by atoms with Gasteiger partial charge in [-0.05, 0) is 30.6 Å². The summed E-state index contributed by atoms with van der Waals surface area (Å²) in [4.78, 5) is 11.8. The van der Waals surface area contributed by atoms with E-state index in [1.54, 1.807) is 0 Å². The van der Waals surface area contributed by atoms with Crippen molar-refractivity contribution in [3.8, 4) is 0 Å². The van der Waals surface area contributed by atoms with E-state index in [1.807, 2.05) is 6.08 Å². The molecule has 0 heterocycles. The Balaban J connectivity index is 2.63. The molecule has 1 nitrogen and oxygen atoms in total. The van der Waals surface area contributed by atoms with E-state index in [1.165, 1.54) is 6.42 Å². The first-order valence-electron chi connectivity index (χ1n) is 5.67. The molecule has 1 heteroatoms. The number of rotatable bonds is 3. The van der Waals surface area contributed by atoms with Crippen LogP contribution in [0.1, 0.15) is 46.5 Å². The Bertz CT molecular complexity index is 227. The van der Waals surface area contributed by atoms with Crippen molar-refractivity contribution in [2.24, 2.45) is 17.3 Å². The summed E-state index contributed by atoms with van der Waals surface area (Å²) in [5.74, 6) is 1.32. The normalized spacial score (nSPS) is 28.9. The first-order chi connectivity index (χ1) is 6.51. The number of carbonyl (C=O) groups is 1. The van der Waals surface area contributed by atoms with Crippen molar-refractivity contribution in [3.63, 3.8) is 0 Å². The Morgan fingerprint density at radius 1 is 1.50 bits per heavy atom. The van der Waals surface area contributed by atoms with Crippen molar-refractivity contribution < 1.29 is 4.79 Å². The van der Waals surface area contributed by atoms with E-state index in [4.69, 9.17) is 0 Å². The summed E-state index contributed by atoms with van der Waals surface area (Å²) in [5, 5.41) is 0. The van der Waals surface area contributed by atoms with Crippen molar-refractivity contribution in [3.05, 3.63) is 12.7 Å². The third kappa shape index (κ3) is 2.26. The molecule has 1 aliphatic rings. The molecule has 0 amide bonds. The van der Waals surface area contributed by atoms with Crippen molar-refractivity contribution in [1.82, 2.24) is 0 Å². The van der Waals surface area contributed by atoms with Gasteiger partial charge in [0.1, 0.15) is 5.78 Å². The zero-order valence-electron chi connectivity index (χ0n) is 9.68. The van der Waals surface area contributed by atoms with Crippen LogP contribution in [0.2, 0.25) is 0 Å². The molecule has 0 bridgehead atoms. The molecule has 0 aromatic heterocycles. The molecule has 1 saturated carbocycles. The van der Waals surface area contributed by atoms with Gasteiger partial charge in [-0.3, -0.25) is 4.79 Å². The van der Waals surface area contributed by atoms with E-state index in [-0.39, 0.29) is 5.41 Å². The van der Waals surface area contributed by atoms with Crippen LogP contribution in [0.3, 0.4) is 0 Å². The molecule has 0 saturated heterocycles. The van der Waals surface area contributed by atoms with E-state index in [0.717, 1.165) is 19.3 Å². The van der Waals surface area contributed by atoms with Crippen LogP contribution in [0, 0.1) is 17.3 Å². The Morgan fingerprint density at radius 2 is 2.14 bits per heavy atom. The Labute approximate surface area is 87.6 Å². The lowest BCUT2D eigenvalue weighted by molar-refractivity contribution is -0.127.